The lowest BCUT2D eigenvalue weighted by Crippen LogP contribution is -2.28. The molecule has 20 heavy (non-hydrogen) atoms. The largest absolute Gasteiger partial charge is 0.497 e. The second kappa shape index (κ2) is 6.49. The Bertz CT molecular complexity index is 598. The SMILES string of the molecule is COc1cccc(C(NCc2ncc(C)s2)C(=O)O)c1. The maximum Gasteiger partial charge on any atom is 0.325 e. The molecule has 0 saturated carbocycles. The highest BCUT2D eigenvalue weighted by atomic mass is 32.1. The molecular weight excluding hydrogens is 276 g/mol. The molecular formula is C14H16N2O3S. The summed E-state index contributed by atoms with van der Waals surface area (Å²) in [6, 6.07) is 6.26. The van der Waals surface area contributed by atoms with Crippen molar-refractivity contribution in [3.05, 3.63) is 45.9 Å². The third-order valence-corrected chi connectivity index (χ3v) is 3.71. The molecule has 6 heteroatoms. The smallest absolute Gasteiger partial charge is 0.325 e. The number of carbonyl (C=O) groups is 1. The zero-order chi connectivity index (χ0) is 14.5. The molecule has 1 aromatic carbocycles. The van der Waals surface area contributed by atoms with Crippen LogP contribution in [0.15, 0.2) is 30.5 Å². The van der Waals surface area contributed by atoms with Crippen LogP contribution in [0.25, 0.3) is 0 Å². The Morgan fingerprint density at radius 3 is 2.95 bits per heavy atom. The van der Waals surface area contributed by atoms with Crippen LogP contribution in [0, 0.1) is 6.92 Å². The van der Waals surface area contributed by atoms with E-state index in [4.69, 9.17) is 4.74 Å². The van der Waals surface area contributed by atoms with Gasteiger partial charge in [-0.1, -0.05) is 12.1 Å². The van der Waals surface area contributed by atoms with Crippen LogP contribution >= 0.6 is 11.3 Å². The molecule has 2 N–H and O–H groups in total. The predicted octanol–water partition coefficient (Wildman–Crippen LogP) is 2.38. The molecule has 0 aliphatic rings. The van der Waals surface area contributed by atoms with Crippen LogP contribution in [0.1, 0.15) is 21.5 Å². The van der Waals surface area contributed by atoms with Crippen LogP contribution in [-0.4, -0.2) is 23.2 Å². The number of benzene rings is 1. The Balaban J connectivity index is 2.12. The summed E-state index contributed by atoms with van der Waals surface area (Å²) in [5, 5.41) is 13.2. The first kappa shape index (κ1) is 14.5. The van der Waals surface area contributed by atoms with E-state index in [0.717, 1.165) is 9.88 Å². The Morgan fingerprint density at radius 1 is 1.55 bits per heavy atom. The highest BCUT2D eigenvalue weighted by Crippen LogP contribution is 2.20. The van der Waals surface area contributed by atoms with Crippen LogP contribution in [0.3, 0.4) is 0 Å². The quantitative estimate of drug-likeness (QED) is 0.855. The highest BCUT2D eigenvalue weighted by molar-refractivity contribution is 7.11. The molecule has 106 valence electrons. The number of thiazole rings is 1. The maximum atomic E-state index is 11.4. The van der Waals surface area contributed by atoms with Gasteiger partial charge in [-0.2, -0.15) is 0 Å². The molecule has 1 atom stereocenters. The predicted molar refractivity (Wildman–Crippen MR) is 77.1 cm³/mol. The van der Waals surface area contributed by atoms with Crippen molar-refractivity contribution < 1.29 is 14.6 Å². The number of rotatable bonds is 6. The molecule has 1 aromatic heterocycles. The van der Waals surface area contributed by atoms with Gasteiger partial charge in [-0.05, 0) is 24.6 Å². The van der Waals surface area contributed by atoms with E-state index in [1.54, 1.807) is 48.9 Å². The Morgan fingerprint density at radius 2 is 2.35 bits per heavy atom. The van der Waals surface area contributed by atoms with Gasteiger partial charge >= 0.3 is 5.97 Å². The lowest BCUT2D eigenvalue weighted by Gasteiger charge is -2.14. The number of hydrogen-bond donors (Lipinski definition) is 2. The lowest BCUT2D eigenvalue weighted by atomic mass is 10.1. The number of ether oxygens (including phenoxy) is 1. The standard InChI is InChI=1S/C14H16N2O3S/c1-9-7-15-12(20-9)8-16-13(14(17)18)10-4-3-5-11(6-10)19-2/h3-7,13,16H,8H2,1-2H3,(H,17,18). The molecule has 5 nitrogen and oxygen atoms in total. The summed E-state index contributed by atoms with van der Waals surface area (Å²) < 4.78 is 5.12. The second-order valence-corrected chi connectivity index (χ2v) is 5.61. The van der Waals surface area contributed by atoms with E-state index in [-0.39, 0.29) is 0 Å². The van der Waals surface area contributed by atoms with Gasteiger partial charge in [0.25, 0.3) is 0 Å². The fraction of sp³-hybridized carbons (Fsp3) is 0.286. The average molecular weight is 292 g/mol. The maximum absolute atomic E-state index is 11.4. The number of aliphatic carboxylic acids is 1. The normalized spacial score (nSPS) is 12.1. The van der Waals surface area contributed by atoms with Gasteiger partial charge in [-0.15, -0.1) is 11.3 Å². The molecule has 2 rings (SSSR count). The van der Waals surface area contributed by atoms with E-state index in [0.29, 0.717) is 17.9 Å². The minimum Gasteiger partial charge on any atom is -0.497 e. The molecule has 1 heterocycles. The molecule has 0 aliphatic carbocycles. The minimum atomic E-state index is -0.925. The number of carboxylic acids is 1. The molecule has 0 saturated heterocycles. The second-order valence-electron chi connectivity index (χ2n) is 4.29. The van der Waals surface area contributed by atoms with Gasteiger partial charge in [0.2, 0.25) is 0 Å². The van der Waals surface area contributed by atoms with Gasteiger partial charge in [-0.25, -0.2) is 4.98 Å². The number of nitrogens with one attached hydrogen (secondary N) is 1. The summed E-state index contributed by atoms with van der Waals surface area (Å²) in [4.78, 5) is 16.7. The van der Waals surface area contributed by atoms with Crippen molar-refractivity contribution in [3.8, 4) is 5.75 Å². The van der Waals surface area contributed by atoms with E-state index in [1.807, 2.05) is 6.92 Å². The topological polar surface area (TPSA) is 71.5 Å². The molecule has 1 unspecified atom stereocenters. The van der Waals surface area contributed by atoms with Crippen LogP contribution in [0.5, 0.6) is 5.75 Å². The summed E-state index contributed by atoms with van der Waals surface area (Å²) in [5.74, 6) is -0.285. The number of methoxy groups -OCH3 is 1. The number of nitrogens with zero attached hydrogens (tertiary/aromatic N) is 1. The van der Waals surface area contributed by atoms with Crippen molar-refractivity contribution in [3.63, 3.8) is 0 Å². The molecule has 0 amide bonds. The van der Waals surface area contributed by atoms with Crippen LogP contribution in [0.4, 0.5) is 0 Å². The van der Waals surface area contributed by atoms with Crippen LogP contribution in [0.2, 0.25) is 0 Å². The van der Waals surface area contributed by atoms with E-state index < -0.39 is 12.0 Å². The molecule has 0 aliphatic heterocycles. The van der Waals surface area contributed by atoms with Crippen molar-refractivity contribution in [2.24, 2.45) is 0 Å². The third kappa shape index (κ3) is 3.55. The van der Waals surface area contributed by atoms with Crippen molar-refractivity contribution in [1.82, 2.24) is 10.3 Å². The Kier molecular flexibility index (Phi) is 4.70. The first-order chi connectivity index (χ1) is 9.60. The van der Waals surface area contributed by atoms with Gasteiger partial charge in [0.05, 0.1) is 7.11 Å². The molecule has 2 aromatic rings. The number of carboxylic acid groups (broad SMARTS) is 1. The molecule has 0 bridgehead atoms. The van der Waals surface area contributed by atoms with Gasteiger partial charge in [-0.3, -0.25) is 10.1 Å². The summed E-state index contributed by atoms with van der Waals surface area (Å²) >= 11 is 1.55. The average Bonchev–Trinajstić information content (AvgIpc) is 2.84. The van der Waals surface area contributed by atoms with Gasteiger partial charge in [0, 0.05) is 17.6 Å². The lowest BCUT2D eigenvalue weighted by molar-refractivity contribution is -0.139. The first-order valence-corrected chi connectivity index (χ1v) is 6.93. The zero-order valence-corrected chi connectivity index (χ0v) is 12.1. The minimum absolute atomic E-state index is 0.423. The molecule has 0 spiro atoms. The van der Waals surface area contributed by atoms with Gasteiger partial charge in [0.15, 0.2) is 0 Å². The van der Waals surface area contributed by atoms with Crippen molar-refractivity contribution in [1.29, 1.82) is 0 Å². The summed E-state index contributed by atoms with van der Waals surface area (Å²) in [7, 11) is 1.56. The summed E-state index contributed by atoms with van der Waals surface area (Å²) in [5.41, 5.74) is 0.658. The fourth-order valence-corrected chi connectivity index (χ4v) is 2.58. The van der Waals surface area contributed by atoms with Crippen LogP contribution in [-0.2, 0) is 11.3 Å². The third-order valence-electron chi connectivity index (χ3n) is 2.80. The van der Waals surface area contributed by atoms with Crippen LogP contribution < -0.4 is 10.1 Å². The van der Waals surface area contributed by atoms with Gasteiger partial charge < -0.3 is 9.84 Å². The summed E-state index contributed by atoms with van der Waals surface area (Å²) in [6.45, 7) is 2.39. The Hall–Kier alpha value is -1.92. The van der Waals surface area contributed by atoms with Crippen molar-refractivity contribution >= 4 is 17.3 Å². The highest BCUT2D eigenvalue weighted by Gasteiger charge is 2.20. The number of aryl methyl sites for hydroxylation is 1. The monoisotopic (exact) mass is 292 g/mol. The van der Waals surface area contributed by atoms with E-state index in [2.05, 4.69) is 10.3 Å². The number of hydrogen-bond acceptors (Lipinski definition) is 5. The molecule has 0 radical (unpaired) electrons. The van der Waals surface area contributed by atoms with E-state index >= 15 is 0 Å². The zero-order valence-electron chi connectivity index (χ0n) is 11.3. The molecule has 0 fully saturated rings. The van der Waals surface area contributed by atoms with E-state index in [1.165, 1.54) is 0 Å². The summed E-state index contributed by atoms with van der Waals surface area (Å²) in [6.07, 6.45) is 1.78. The van der Waals surface area contributed by atoms with Crippen molar-refractivity contribution in [2.45, 2.75) is 19.5 Å². The Labute approximate surface area is 121 Å². The van der Waals surface area contributed by atoms with E-state index in [9.17, 15) is 9.90 Å². The fourth-order valence-electron chi connectivity index (χ4n) is 1.84. The number of aromatic nitrogens is 1. The van der Waals surface area contributed by atoms with Gasteiger partial charge in [0.1, 0.15) is 16.8 Å². The first-order valence-electron chi connectivity index (χ1n) is 6.11. The van der Waals surface area contributed by atoms with Crippen molar-refractivity contribution in [2.75, 3.05) is 7.11 Å².